The maximum atomic E-state index is 12.3. The number of hydrogen-bond acceptors (Lipinski definition) is 4. The van der Waals surface area contributed by atoms with Crippen LogP contribution in [0.3, 0.4) is 0 Å². The average molecular weight is 421 g/mol. The number of benzene rings is 2. The van der Waals surface area contributed by atoms with Crippen LogP contribution in [0, 0.1) is 0 Å². The molecule has 1 aromatic heterocycles. The summed E-state index contributed by atoms with van der Waals surface area (Å²) in [6, 6.07) is 14.8. The van der Waals surface area contributed by atoms with E-state index in [9.17, 15) is 4.79 Å². The molecule has 0 aliphatic heterocycles. The fourth-order valence-corrected chi connectivity index (χ4v) is 3.87. The zero-order valence-electron chi connectivity index (χ0n) is 14.7. The summed E-state index contributed by atoms with van der Waals surface area (Å²) in [5, 5.41) is 13.0. The van der Waals surface area contributed by atoms with Gasteiger partial charge in [0.25, 0.3) is 0 Å². The lowest BCUT2D eigenvalue weighted by Crippen LogP contribution is -2.14. The number of anilines is 1. The molecule has 0 radical (unpaired) electrons. The van der Waals surface area contributed by atoms with Crippen LogP contribution in [0.15, 0.2) is 53.7 Å². The molecule has 0 spiro atoms. The van der Waals surface area contributed by atoms with Crippen LogP contribution in [0.4, 0.5) is 5.69 Å². The van der Waals surface area contributed by atoms with Crippen molar-refractivity contribution in [3.05, 3.63) is 58.6 Å². The normalized spacial score (nSPS) is 10.8. The Morgan fingerprint density at radius 3 is 2.48 bits per heavy atom. The molecule has 2 aromatic carbocycles. The molecule has 0 unspecified atom stereocenters. The Balaban J connectivity index is 1.70. The van der Waals surface area contributed by atoms with E-state index in [0.717, 1.165) is 29.5 Å². The summed E-state index contributed by atoms with van der Waals surface area (Å²) < 4.78 is 2.05. The number of amides is 1. The Morgan fingerprint density at radius 1 is 1.11 bits per heavy atom. The van der Waals surface area contributed by atoms with Gasteiger partial charge in [-0.05, 0) is 24.6 Å². The molecule has 0 bridgehead atoms. The molecule has 8 heteroatoms. The average Bonchev–Trinajstić information content (AvgIpc) is 3.03. The second-order valence-electron chi connectivity index (χ2n) is 5.82. The summed E-state index contributed by atoms with van der Waals surface area (Å²) in [5.74, 6) is 0.855. The molecule has 5 nitrogen and oxygen atoms in total. The quantitative estimate of drug-likeness (QED) is 0.520. The summed E-state index contributed by atoms with van der Waals surface area (Å²) in [6.07, 6.45) is 0.943. The second-order valence-corrected chi connectivity index (χ2v) is 7.63. The molecule has 0 saturated heterocycles. The van der Waals surface area contributed by atoms with E-state index in [1.807, 2.05) is 34.9 Å². The highest BCUT2D eigenvalue weighted by molar-refractivity contribution is 7.99. The third-order valence-electron chi connectivity index (χ3n) is 3.67. The molecule has 1 N–H and O–H groups in total. The van der Waals surface area contributed by atoms with Crippen molar-refractivity contribution in [1.29, 1.82) is 0 Å². The van der Waals surface area contributed by atoms with E-state index in [1.165, 1.54) is 11.8 Å². The monoisotopic (exact) mass is 420 g/mol. The highest BCUT2D eigenvalue weighted by atomic mass is 35.5. The highest BCUT2D eigenvalue weighted by Gasteiger charge is 2.15. The van der Waals surface area contributed by atoms with Gasteiger partial charge < -0.3 is 9.88 Å². The van der Waals surface area contributed by atoms with Gasteiger partial charge in [0.05, 0.1) is 5.75 Å². The molecule has 0 aliphatic carbocycles. The number of thioether (sulfide) groups is 1. The molecule has 0 saturated carbocycles. The molecule has 0 atom stereocenters. The van der Waals surface area contributed by atoms with Gasteiger partial charge in [-0.15, -0.1) is 10.2 Å². The molecule has 1 amide bonds. The molecule has 3 rings (SSSR count). The van der Waals surface area contributed by atoms with E-state index in [-0.39, 0.29) is 11.7 Å². The van der Waals surface area contributed by atoms with Crippen molar-refractivity contribution < 1.29 is 4.79 Å². The zero-order valence-corrected chi connectivity index (χ0v) is 17.0. The number of nitrogens with zero attached hydrogens (tertiary/aromatic N) is 3. The van der Waals surface area contributed by atoms with E-state index < -0.39 is 0 Å². The Labute approximate surface area is 172 Å². The van der Waals surface area contributed by atoms with Crippen LogP contribution in [0.2, 0.25) is 10.0 Å². The predicted octanol–water partition coefficient (Wildman–Crippen LogP) is 5.39. The lowest BCUT2D eigenvalue weighted by Gasteiger charge is -2.09. The van der Waals surface area contributed by atoms with E-state index in [4.69, 9.17) is 23.2 Å². The van der Waals surface area contributed by atoms with Crippen molar-refractivity contribution in [2.24, 2.45) is 0 Å². The molecule has 0 fully saturated rings. The highest BCUT2D eigenvalue weighted by Crippen LogP contribution is 2.25. The minimum atomic E-state index is -0.161. The van der Waals surface area contributed by atoms with Crippen LogP contribution in [0.25, 0.3) is 11.4 Å². The molecular weight excluding hydrogens is 403 g/mol. The number of halogens is 2. The van der Waals surface area contributed by atoms with Crippen LogP contribution in [-0.2, 0) is 11.3 Å². The first-order chi connectivity index (χ1) is 13.1. The third-order valence-corrected chi connectivity index (χ3v) is 5.08. The maximum Gasteiger partial charge on any atom is 0.234 e. The van der Waals surface area contributed by atoms with Crippen LogP contribution in [0.5, 0.6) is 0 Å². The van der Waals surface area contributed by atoms with Crippen LogP contribution in [-0.4, -0.2) is 26.4 Å². The standard InChI is InChI=1S/C19H18Cl2N4OS/c1-2-8-25-18(13-6-4-3-5-7-13)23-24-19(25)27-12-17(26)22-16-10-14(20)9-15(21)11-16/h3-7,9-11H,2,8,12H2,1H3,(H,22,26). The summed E-state index contributed by atoms with van der Waals surface area (Å²) in [6.45, 7) is 2.88. The number of hydrogen-bond donors (Lipinski definition) is 1. The largest absolute Gasteiger partial charge is 0.325 e. The van der Waals surface area contributed by atoms with Crippen LogP contribution >= 0.6 is 35.0 Å². The Hall–Kier alpha value is -2.02. The van der Waals surface area contributed by atoms with Gasteiger partial charge in [-0.1, -0.05) is 72.2 Å². The van der Waals surface area contributed by atoms with Crippen molar-refractivity contribution in [3.63, 3.8) is 0 Å². The summed E-state index contributed by atoms with van der Waals surface area (Å²) in [7, 11) is 0. The number of carbonyl (C=O) groups excluding carboxylic acids is 1. The Morgan fingerprint density at radius 2 is 1.81 bits per heavy atom. The lowest BCUT2D eigenvalue weighted by molar-refractivity contribution is -0.113. The van der Waals surface area contributed by atoms with Crippen molar-refractivity contribution in [2.45, 2.75) is 25.0 Å². The number of carbonyl (C=O) groups is 1. The number of aromatic nitrogens is 3. The van der Waals surface area contributed by atoms with Crippen LogP contribution < -0.4 is 5.32 Å². The van der Waals surface area contributed by atoms with Gasteiger partial charge in [-0.25, -0.2) is 0 Å². The van der Waals surface area contributed by atoms with E-state index in [1.54, 1.807) is 18.2 Å². The van der Waals surface area contributed by atoms with Gasteiger partial charge in [0.2, 0.25) is 5.91 Å². The Bertz CT molecular complexity index is 910. The first kappa shape index (κ1) is 19.7. The summed E-state index contributed by atoms with van der Waals surface area (Å²) in [4.78, 5) is 12.3. The number of rotatable bonds is 7. The molecule has 1 heterocycles. The predicted molar refractivity (Wildman–Crippen MR) is 112 cm³/mol. The molecular formula is C19H18Cl2N4OS. The van der Waals surface area contributed by atoms with Crippen molar-refractivity contribution in [2.75, 3.05) is 11.1 Å². The summed E-state index contributed by atoms with van der Waals surface area (Å²) >= 11 is 13.3. The fourth-order valence-electron chi connectivity index (χ4n) is 2.57. The molecule has 27 heavy (non-hydrogen) atoms. The van der Waals surface area contributed by atoms with Gasteiger partial charge in [0.15, 0.2) is 11.0 Å². The first-order valence-corrected chi connectivity index (χ1v) is 10.2. The smallest absolute Gasteiger partial charge is 0.234 e. The van der Waals surface area contributed by atoms with Gasteiger partial charge in [0, 0.05) is 27.8 Å². The molecule has 3 aromatic rings. The zero-order chi connectivity index (χ0) is 19.2. The van der Waals surface area contributed by atoms with Crippen LogP contribution in [0.1, 0.15) is 13.3 Å². The van der Waals surface area contributed by atoms with Gasteiger partial charge in [-0.3, -0.25) is 4.79 Å². The van der Waals surface area contributed by atoms with Crippen molar-refractivity contribution in [3.8, 4) is 11.4 Å². The van der Waals surface area contributed by atoms with E-state index in [0.29, 0.717) is 15.7 Å². The fraction of sp³-hybridized carbons (Fsp3) is 0.211. The lowest BCUT2D eigenvalue weighted by atomic mass is 10.2. The van der Waals surface area contributed by atoms with Gasteiger partial charge in [-0.2, -0.15) is 0 Å². The molecule has 0 aliphatic rings. The second kappa shape index (κ2) is 9.26. The van der Waals surface area contributed by atoms with Crippen molar-refractivity contribution in [1.82, 2.24) is 14.8 Å². The van der Waals surface area contributed by atoms with Gasteiger partial charge >= 0.3 is 0 Å². The van der Waals surface area contributed by atoms with Crippen molar-refractivity contribution >= 4 is 46.6 Å². The summed E-state index contributed by atoms with van der Waals surface area (Å²) in [5.41, 5.74) is 1.57. The minimum Gasteiger partial charge on any atom is -0.325 e. The van der Waals surface area contributed by atoms with E-state index >= 15 is 0 Å². The minimum absolute atomic E-state index is 0.161. The van der Waals surface area contributed by atoms with Gasteiger partial charge in [0.1, 0.15) is 0 Å². The first-order valence-electron chi connectivity index (χ1n) is 8.44. The topological polar surface area (TPSA) is 59.8 Å². The maximum absolute atomic E-state index is 12.3. The SMILES string of the molecule is CCCn1c(SCC(=O)Nc2cc(Cl)cc(Cl)c2)nnc1-c1ccccc1. The van der Waals surface area contributed by atoms with E-state index in [2.05, 4.69) is 22.4 Å². The third kappa shape index (κ3) is 5.25. The molecule has 140 valence electrons. The number of nitrogens with one attached hydrogen (secondary N) is 1. The Kier molecular flexibility index (Phi) is 6.77.